The van der Waals surface area contributed by atoms with Crippen LogP contribution in [0.3, 0.4) is 0 Å². The van der Waals surface area contributed by atoms with Crippen molar-refractivity contribution in [1.29, 1.82) is 0 Å². The molecule has 1 atom stereocenters. The standard InChI is InChI=1S/C32H46N4OS/c1-34(2)28-17-20-38-30(28)23-26-15-13-25(14-16-26)22-29(36-18-9-6-10-19-36)31-33-27(32(37-31)35(3)4)21-24-11-7-5-8-12-24/h5,7-8,11-12,17,20,25-26,29H,6,9-10,13-16,18-19,21-23H2,1-4H3. The number of thiophene rings is 1. The van der Waals surface area contributed by atoms with Gasteiger partial charge in [0.2, 0.25) is 11.8 Å². The van der Waals surface area contributed by atoms with Crippen LogP contribution in [-0.2, 0) is 12.8 Å². The molecule has 3 heterocycles. The lowest BCUT2D eigenvalue weighted by atomic mass is 9.77. The minimum Gasteiger partial charge on any atom is -0.423 e. The fraction of sp³-hybridized carbons (Fsp3) is 0.594. The zero-order valence-corrected chi connectivity index (χ0v) is 24.7. The van der Waals surface area contributed by atoms with Crippen molar-refractivity contribution < 1.29 is 4.42 Å². The average Bonchev–Trinajstić information content (AvgIpc) is 3.57. The molecule has 3 aromatic rings. The van der Waals surface area contributed by atoms with Gasteiger partial charge < -0.3 is 14.2 Å². The molecule has 6 heteroatoms. The average molecular weight is 535 g/mol. The van der Waals surface area contributed by atoms with Crippen molar-refractivity contribution in [3.63, 3.8) is 0 Å². The highest BCUT2D eigenvalue weighted by atomic mass is 32.1. The molecule has 5 nitrogen and oxygen atoms in total. The number of hydrogen-bond donors (Lipinski definition) is 0. The second kappa shape index (κ2) is 12.7. The summed E-state index contributed by atoms with van der Waals surface area (Å²) in [5.74, 6) is 3.43. The second-order valence-corrected chi connectivity index (χ2v) is 12.9. The Morgan fingerprint density at radius 1 is 0.921 bits per heavy atom. The van der Waals surface area contributed by atoms with E-state index in [0.29, 0.717) is 0 Å². The van der Waals surface area contributed by atoms with Crippen LogP contribution >= 0.6 is 11.3 Å². The first kappa shape index (κ1) is 27.3. The number of aromatic nitrogens is 1. The van der Waals surface area contributed by atoms with Gasteiger partial charge >= 0.3 is 0 Å². The lowest BCUT2D eigenvalue weighted by Crippen LogP contribution is -2.35. The first-order valence-electron chi connectivity index (χ1n) is 14.7. The Morgan fingerprint density at radius 2 is 1.63 bits per heavy atom. The number of anilines is 2. The third kappa shape index (κ3) is 6.63. The molecule has 0 radical (unpaired) electrons. The molecule has 1 aliphatic heterocycles. The number of piperidine rings is 1. The molecule has 2 aliphatic rings. The van der Waals surface area contributed by atoms with Gasteiger partial charge in [-0.1, -0.05) is 49.6 Å². The van der Waals surface area contributed by atoms with E-state index >= 15 is 0 Å². The molecule has 0 bridgehead atoms. The van der Waals surface area contributed by atoms with Gasteiger partial charge in [0.1, 0.15) is 5.69 Å². The minimum atomic E-state index is 0.290. The summed E-state index contributed by atoms with van der Waals surface area (Å²) < 4.78 is 6.60. The van der Waals surface area contributed by atoms with Crippen molar-refractivity contribution in [2.75, 3.05) is 51.1 Å². The predicted octanol–water partition coefficient (Wildman–Crippen LogP) is 7.43. The highest BCUT2D eigenvalue weighted by molar-refractivity contribution is 7.10. The van der Waals surface area contributed by atoms with E-state index in [0.717, 1.165) is 35.7 Å². The van der Waals surface area contributed by atoms with E-state index in [4.69, 9.17) is 9.40 Å². The van der Waals surface area contributed by atoms with Crippen LogP contribution in [-0.4, -0.2) is 51.2 Å². The van der Waals surface area contributed by atoms with E-state index in [-0.39, 0.29) is 6.04 Å². The zero-order chi connectivity index (χ0) is 26.5. The first-order chi connectivity index (χ1) is 18.5. The minimum absolute atomic E-state index is 0.290. The largest absolute Gasteiger partial charge is 0.423 e. The number of nitrogens with zero attached hydrogens (tertiary/aromatic N) is 4. The van der Waals surface area contributed by atoms with E-state index < -0.39 is 0 Å². The molecule has 2 aromatic heterocycles. The van der Waals surface area contributed by atoms with Gasteiger partial charge in [0.05, 0.1) is 11.7 Å². The summed E-state index contributed by atoms with van der Waals surface area (Å²) in [6, 6.07) is 13.2. The highest BCUT2D eigenvalue weighted by Gasteiger charge is 2.33. The zero-order valence-electron chi connectivity index (χ0n) is 23.9. The van der Waals surface area contributed by atoms with E-state index in [1.165, 1.54) is 82.1 Å². The SMILES string of the molecule is CN(C)c1ccsc1CC1CCC(CC(c2nc(Cc3ccccc3)c(N(C)C)o2)N2CCCCC2)CC1. The maximum atomic E-state index is 6.60. The van der Waals surface area contributed by atoms with Gasteiger partial charge in [-0.15, -0.1) is 11.3 Å². The van der Waals surface area contributed by atoms with Gasteiger partial charge in [-0.2, -0.15) is 0 Å². The summed E-state index contributed by atoms with van der Waals surface area (Å²) in [7, 11) is 8.48. The van der Waals surface area contributed by atoms with Crippen LogP contribution in [0.4, 0.5) is 11.6 Å². The molecule has 2 fully saturated rings. The third-order valence-corrected chi connectivity index (χ3v) is 9.56. The number of likely N-dealkylation sites (tertiary alicyclic amines) is 1. The summed E-state index contributed by atoms with van der Waals surface area (Å²) in [5, 5.41) is 2.25. The Balaban J connectivity index is 1.29. The Kier molecular flexibility index (Phi) is 9.11. The maximum absolute atomic E-state index is 6.60. The molecule has 38 heavy (non-hydrogen) atoms. The van der Waals surface area contributed by atoms with Crippen molar-refractivity contribution in [2.45, 2.75) is 70.3 Å². The van der Waals surface area contributed by atoms with Crippen LogP contribution < -0.4 is 9.80 Å². The predicted molar refractivity (Wildman–Crippen MR) is 161 cm³/mol. The van der Waals surface area contributed by atoms with Gasteiger partial charge in [-0.25, -0.2) is 4.98 Å². The number of hydrogen-bond acceptors (Lipinski definition) is 6. The van der Waals surface area contributed by atoms with Crippen LogP contribution in [0.5, 0.6) is 0 Å². The Hall–Kier alpha value is -2.31. The molecular weight excluding hydrogens is 488 g/mol. The summed E-state index contributed by atoms with van der Waals surface area (Å²) in [5.41, 5.74) is 3.76. The van der Waals surface area contributed by atoms with Crippen molar-refractivity contribution in [2.24, 2.45) is 11.8 Å². The van der Waals surface area contributed by atoms with Gasteiger partial charge in [0.25, 0.3) is 0 Å². The number of benzene rings is 1. The molecular formula is C32H46N4OS. The number of rotatable bonds is 10. The van der Waals surface area contributed by atoms with Crippen molar-refractivity contribution in [1.82, 2.24) is 9.88 Å². The molecule has 1 saturated carbocycles. The summed E-state index contributed by atoms with van der Waals surface area (Å²) in [6.07, 6.45) is 12.5. The number of oxazole rings is 1. The Labute approximate surface area is 233 Å². The summed E-state index contributed by atoms with van der Waals surface area (Å²) in [6.45, 7) is 2.33. The lowest BCUT2D eigenvalue weighted by Gasteiger charge is -2.36. The van der Waals surface area contributed by atoms with Gasteiger partial charge in [-0.3, -0.25) is 4.90 Å². The monoisotopic (exact) mass is 534 g/mol. The summed E-state index contributed by atoms with van der Waals surface area (Å²) in [4.78, 5) is 13.8. The lowest BCUT2D eigenvalue weighted by molar-refractivity contribution is 0.107. The Morgan fingerprint density at radius 3 is 2.32 bits per heavy atom. The maximum Gasteiger partial charge on any atom is 0.219 e. The van der Waals surface area contributed by atoms with Gasteiger partial charge in [0, 0.05) is 39.5 Å². The van der Waals surface area contributed by atoms with Crippen molar-refractivity contribution in [3.05, 3.63) is 63.8 Å². The smallest absolute Gasteiger partial charge is 0.219 e. The van der Waals surface area contributed by atoms with E-state index in [2.05, 4.69) is 84.7 Å². The van der Waals surface area contributed by atoms with Crippen LogP contribution in [0.1, 0.15) is 79.4 Å². The molecule has 1 unspecified atom stereocenters. The molecule has 5 rings (SSSR count). The molecule has 1 aliphatic carbocycles. The first-order valence-corrected chi connectivity index (χ1v) is 15.5. The van der Waals surface area contributed by atoms with Crippen LogP contribution in [0.2, 0.25) is 0 Å². The molecule has 0 amide bonds. The van der Waals surface area contributed by atoms with E-state index in [1.54, 1.807) is 4.88 Å². The quantitative estimate of drug-likeness (QED) is 0.270. The topological polar surface area (TPSA) is 35.8 Å². The normalized spacial score (nSPS) is 21.4. The van der Waals surface area contributed by atoms with E-state index in [9.17, 15) is 0 Å². The van der Waals surface area contributed by atoms with Crippen molar-refractivity contribution in [3.8, 4) is 0 Å². The molecule has 1 aromatic carbocycles. The highest BCUT2D eigenvalue weighted by Crippen LogP contribution is 2.41. The third-order valence-electron chi connectivity index (χ3n) is 8.63. The molecule has 206 valence electrons. The fourth-order valence-electron chi connectivity index (χ4n) is 6.53. The van der Waals surface area contributed by atoms with Crippen LogP contribution in [0.15, 0.2) is 46.2 Å². The van der Waals surface area contributed by atoms with Gasteiger partial charge in [0.15, 0.2) is 0 Å². The van der Waals surface area contributed by atoms with Crippen molar-refractivity contribution >= 4 is 22.9 Å². The molecule has 0 spiro atoms. The Bertz CT molecular complexity index is 1120. The van der Waals surface area contributed by atoms with Gasteiger partial charge in [-0.05, 0) is 80.5 Å². The van der Waals surface area contributed by atoms with Crippen LogP contribution in [0, 0.1) is 11.8 Å². The molecule has 0 N–H and O–H groups in total. The molecule has 1 saturated heterocycles. The van der Waals surface area contributed by atoms with Crippen LogP contribution in [0.25, 0.3) is 0 Å². The fourth-order valence-corrected chi connectivity index (χ4v) is 7.59. The van der Waals surface area contributed by atoms with E-state index in [1.807, 2.05) is 11.3 Å². The second-order valence-electron chi connectivity index (χ2n) is 11.9. The summed E-state index contributed by atoms with van der Waals surface area (Å²) >= 11 is 1.93.